The molecule has 3 nitrogen and oxygen atoms in total. The van der Waals surface area contributed by atoms with Crippen LogP contribution in [-0.2, 0) is 4.74 Å². The number of ether oxygens (including phenoxy) is 1. The van der Waals surface area contributed by atoms with Crippen molar-refractivity contribution in [1.82, 2.24) is 4.98 Å². The topological polar surface area (TPSA) is 45.6 Å². The minimum Gasteiger partial charge on any atom is -0.386 e. The molecule has 1 aromatic carbocycles. The van der Waals surface area contributed by atoms with E-state index in [1.165, 1.54) is 60.4 Å². The maximum Gasteiger partial charge on any atom is 0.114 e. The molecule has 1 N–H and O–H groups in total. The average Bonchev–Trinajstić information content (AvgIpc) is 3.57. The van der Waals surface area contributed by atoms with Gasteiger partial charge in [-0.15, -0.1) is 0 Å². The highest BCUT2D eigenvalue weighted by molar-refractivity contribution is 5.82. The average molecular weight is 440 g/mol. The molecule has 2 bridgehead atoms. The molecule has 4 fully saturated rings. The van der Waals surface area contributed by atoms with Crippen molar-refractivity contribution >= 4 is 10.8 Å². The molecule has 0 radical (unpaired) electrons. The number of aromatic nitrogens is 1. The number of rotatable bonds is 1. The van der Waals surface area contributed by atoms with Crippen LogP contribution in [0.25, 0.3) is 10.8 Å². The minimum absolute atomic E-state index is 0.0719. The van der Waals surface area contributed by atoms with Gasteiger partial charge in [-0.05, 0) is 114 Å². The Kier molecular flexibility index (Phi) is 3.62. The zero-order valence-corrected chi connectivity index (χ0v) is 19.5. The van der Waals surface area contributed by atoms with E-state index in [1.54, 1.807) is 5.57 Å². The summed E-state index contributed by atoms with van der Waals surface area (Å²) in [5.41, 5.74) is 5.21. The molecule has 1 aliphatic heterocycles. The molecule has 2 aromatic rings. The van der Waals surface area contributed by atoms with Crippen molar-refractivity contribution in [3.63, 3.8) is 0 Å². The first-order valence-corrected chi connectivity index (χ1v) is 13.1. The van der Waals surface area contributed by atoms with Gasteiger partial charge in [-0.1, -0.05) is 31.2 Å². The van der Waals surface area contributed by atoms with Gasteiger partial charge >= 0.3 is 0 Å². The van der Waals surface area contributed by atoms with E-state index in [4.69, 9.17) is 4.74 Å². The highest BCUT2D eigenvalue weighted by Crippen LogP contribution is 2.72. The van der Waals surface area contributed by atoms with Crippen LogP contribution >= 0.6 is 0 Å². The monoisotopic (exact) mass is 439 g/mol. The van der Waals surface area contributed by atoms with Crippen LogP contribution in [0.5, 0.6) is 0 Å². The predicted molar refractivity (Wildman–Crippen MR) is 129 cm³/mol. The number of hydrogen-bond donors (Lipinski definition) is 1. The number of benzene rings is 1. The second kappa shape index (κ2) is 6.17. The number of aliphatic hydroxyl groups is 1. The lowest BCUT2D eigenvalue weighted by atomic mass is 9.48. The van der Waals surface area contributed by atoms with Crippen LogP contribution in [0.15, 0.2) is 60.0 Å². The molecule has 1 saturated heterocycles. The van der Waals surface area contributed by atoms with Crippen LogP contribution in [0.4, 0.5) is 0 Å². The Bertz CT molecular complexity index is 1230. The fraction of sp³-hybridized carbons (Fsp3) is 0.567. The van der Waals surface area contributed by atoms with Gasteiger partial charge in [-0.3, -0.25) is 4.98 Å². The lowest BCUT2D eigenvalue weighted by molar-refractivity contribution is 0.00334. The van der Waals surface area contributed by atoms with Crippen molar-refractivity contribution in [2.75, 3.05) is 0 Å². The van der Waals surface area contributed by atoms with Gasteiger partial charge in [0.25, 0.3) is 0 Å². The fourth-order valence-electron chi connectivity index (χ4n) is 9.53. The molecule has 2 heterocycles. The third-order valence-corrected chi connectivity index (χ3v) is 11.3. The zero-order valence-electron chi connectivity index (χ0n) is 19.5. The van der Waals surface area contributed by atoms with Crippen molar-refractivity contribution < 1.29 is 9.84 Å². The number of pyridine rings is 1. The third-order valence-electron chi connectivity index (χ3n) is 11.3. The van der Waals surface area contributed by atoms with E-state index in [2.05, 4.69) is 48.3 Å². The van der Waals surface area contributed by atoms with Crippen LogP contribution in [0.3, 0.4) is 0 Å². The molecule has 0 unspecified atom stereocenters. The van der Waals surface area contributed by atoms with E-state index in [0.29, 0.717) is 22.9 Å². The molecule has 170 valence electrons. The van der Waals surface area contributed by atoms with Gasteiger partial charge in [0.05, 0.1) is 6.10 Å². The van der Waals surface area contributed by atoms with Crippen LogP contribution in [0.2, 0.25) is 0 Å². The van der Waals surface area contributed by atoms with E-state index >= 15 is 0 Å². The summed E-state index contributed by atoms with van der Waals surface area (Å²) < 4.78 is 5.87. The maximum absolute atomic E-state index is 11.1. The number of aliphatic hydroxyl groups excluding tert-OH is 1. The number of allylic oxidation sites excluding steroid dienone is 3. The van der Waals surface area contributed by atoms with Crippen molar-refractivity contribution in [2.24, 2.45) is 22.2 Å². The normalized spacial score (nSPS) is 47.0. The Balaban J connectivity index is 1.21. The molecule has 0 amide bonds. The summed E-state index contributed by atoms with van der Waals surface area (Å²) in [6.45, 7) is 2.60. The maximum atomic E-state index is 11.1. The third kappa shape index (κ3) is 2.36. The molecule has 9 rings (SSSR count). The van der Waals surface area contributed by atoms with Gasteiger partial charge in [0, 0.05) is 17.8 Å². The first-order chi connectivity index (χ1) is 16.0. The summed E-state index contributed by atoms with van der Waals surface area (Å²) in [6, 6.07) is 9.22. The second-order valence-corrected chi connectivity index (χ2v) is 12.4. The van der Waals surface area contributed by atoms with E-state index in [0.717, 1.165) is 18.8 Å². The summed E-state index contributed by atoms with van der Waals surface area (Å²) in [5.74, 6) is 1.34. The first kappa shape index (κ1) is 19.3. The molecule has 3 saturated carbocycles. The summed E-state index contributed by atoms with van der Waals surface area (Å²) >= 11 is 0. The summed E-state index contributed by atoms with van der Waals surface area (Å²) in [4.78, 5) is 4.38. The SMILES string of the molecule is C[C@]12CC=C3C=C4[C@H](O)[C@@H]5O[C@@H]5CC45CCC3(CC5)[C@@H]1CC[C@@H]2c1ccc2ccncc2c1. The van der Waals surface area contributed by atoms with Crippen molar-refractivity contribution in [1.29, 1.82) is 0 Å². The van der Waals surface area contributed by atoms with Crippen LogP contribution in [0, 0.1) is 22.2 Å². The quantitative estimate of drug-likeness (QED) is 0.548. The molecule has 3 heteroatoms. The largest absolute Gasteiger partial charge is 0.386 e. The van der Waals surface area contributed by atoms with Crippen molar-refractivity contribution in [3.8, 4) is 0 Å². The molecule has 2 spiro atoms. The molecular formula is C30H33NO2. The van der Waals surface area contributed by atoms with E-state index in [1.807, 2.05) is 12.4 Å². The van der Waals surface area contributed by atoms with Crippen molar-refractivity contribution in [3.05, 3.63) is 65.5 Å². The Hall–Kier alpha value is -1.97. The molecule has 6 atom stereocenters. The number of nitrogens with zero attached hydrogens (tertiary/aromatic N) is 1. The van der Waals surface area contributed by atoms with Gasteiger partial charge in [0.2, 0.25) is 0 Å². The van der Waals surface area contributed by atoms with Gasteiger partial charge in [0.1, 0.15) is 12.2 Å². The highest BCUT2D eigenvalue weighted by Gasteiger charge is 2.65. The van der Waals surface area contributed by atoms with Crippen LogP contribution < -0.4 is 0 Å². The van der Waals surface area contributed by atoms with Gasteiger partial charge in [-0.25, -0.2) is 0 Å². The van der Waals surface area contributed by atoms with Gasteiger partial charge < -0.3 is 9.84 Å². The molecule has 33 heavy (non-hydrogen) atoms. The van der Waals surface area contributed by atoms with E-state index in [9.17, 15) is 5.11 Å². The van der Waals surface area contributed by atoms with E-state index in [-0.39, 0.29) is 17.6 Å². The Labute approximate surface area is 195 Å². The lowest BCUT2D eigenvalue weighted by Crippen LogP contribution is -2.47. The fourth-order valence-corrected chi connectivity index (χ4v) is 9.53. The van der Waals surface area contributed by atoms with Crippen LogP contribution in [-0.4, -0.2) is 28.4 Å². The van der Waals surface area contributed by atoms with Crippen LogP contribution in [0.1, 0.15) is 69.8 Å². The zero-order chi connectivity index (χ0) is 22.0. The summed E-state index contributed by atoms with van der Waals surface area (Å²) in [7, 11) is 0. The summed E-state index contributed by atoms with van der Waals surface area (Å²) in [6.07, 6.45) is 18.9. The number of fused-ring (bicyclic) bond motifs is 5. The Morgan fingerprint density at radius 3 is 2.82 bits per heavy atom. The summed E-state index contributed by atoms with van der Waals surface area (Å²) in [5, 5.41) is 13.7. The smallest absolute Gasteiger partial charge is 0.114 e. The second-order valence-electron chi connectivity index (χ2n) is 12.4. The first-order valence-electron chi connectivity index (χ1n) is 13.1. The molecule has 7 aliphatic rings. The predicted octanol–water partition coefficient (Wildman–Crippen LogP) is 6.08. The molecule has 1 aromatic heterocycles. The Morgan fingerprint density at radius 1 is 1.06 bits per heavy atom. The lowest BCUT2D eigenvalue weighted by Gasteiger charge is -2.55. The number of epoxide rings is 1. The molecule has 6 aliphatic carbocycles. The number of hydrogen-bond acceptors (Lipinski definition) is 3. The molecular weight excluding hydrogens is 406 g/mol. The van der Waals surface area contributed by atoms with Crippen molar-refractivity contribution in [2.45, 2.75) is 82.5 Å². The minimum atomic E-state index is -0.380. The van der Waals surface area contributed by atoms with Gasteiger partial charge in [-0.2, -0.15) is 0 Å². The van der Waals surface area contributed by atoms with E-state index < -0.39 is 0 Å². The highest BCUT2D eigenvalue weighted by atomic mass is 16.6. The van der Waals surface area contributed by atoms with Gasteiger partial charge in [0.15, 0.2) is 0 Å². The Morgan fingerprint density at radius 2 is 1.94 bits per heavy atom. The standard InChI is InChI=1S/C30H33NO2/c1-28-8-6-21-15-23-26(32)27-24(33-27)16-29(23)9-11-30(21,12-10-29)25(28)5-4-22(28)19-3-2-18-7-13-31-17-20(18)14-19/h2-3,6-7,13-15,17,22,24-27,32H,4-5,8-12,16H2,1H3/t22-,24-,25-,26+,27-,28-,29?,30?/m1/s1.